The van der Waals surface area contributed by atoms with E-state index in [0.717, 1.165) is 37.4 Å². The third-order valence-electron chi connectivity index (χ3n) is 3.46. The Morgan fingerprint density at radius 1 is 1.29 bits per heavy atom. The Hall–Kier alpha value is -2.24. The summed E-state index contributed by atoms with van der Waals surface area (Å²) in [5, 5.41) is 2.95. The van der Waals surface area contributed by atoms with Crippen LogP contribution < -0.4 is 15.8 Å². The molecule has 6 heteroatoms. The molecule has 2 rings (SSSR count). The standard InChI is InChI=1S/C15H22N4O2/c1-21-13-7-5-12(6-8-13)18-15(16)17-11-14(20)19-9-3-2-4-10-19/h5-8H,2-4,9-11H2,1H3,(H3,16,17,18). The third kappa shape index (κ3) is 4.66. The molecule has 1 fully saturated rings. The summed E-state index contributed by atoms with van der Waals surface area (Å²) in [6.45, 7) is 1.76. The van der Waals surface area contributed by atoms with Crippen molar-refractivity contribution in [2.24, 2.45) is 10.7 Å². The fraction of sp³-hybridized carbons (Fsp3) is 0.467. The van der Waals surface area contributed by atoms with Gasteiger partial charge in [0.1, 0.15) is 12.3 Å². The van der Waals surface area contributed by atoms with E-state index in [-0.39, 0.29) is 18.4 Å². The van der Waals surface area contributed by atoms with Gasteiger partial charge in [0.05, 0.1) is 7.11 Å². The van der Waals surface area contributed by atoms with Gasteiger partial charge in [0.25, 0.3) is 0 Å². The molecular weight excluding hydrogens is 268 g/mol. The molecule has 0 saturated carbocycles. The van der Waals surface area contributed by atoms with E-state index in [0.29, 0.717) is 0 Å². The van der Waals surface area contributed by atoms with Crippen LogP contribution in [0.5, 0.6) is 5.75 Å². The second-order valence-electron chi connectivity index (χ2n) is 5.00. The number of hydrogen-bond donors (Lipinski definition) is 2. The minimum absolute atomic E-state index is 0.0363. The Bertz CT molecular complexity index is 493. The maximum Gasteiger partial charge on any atom is 0.244 e. The van der Waals surface area contributed by atoms with E-state index in [1.807, 2.05) is 29.2 Å². The number of piperidine rings is 1. The first-order valence-corrected chi connectivity index (χ1v) is 7.18. The number of carbonyl (C=O) groups excluding carboxylic acids is 1. The van der Waals surface area contributed by atoms with Crippen LogP contribution in [0.3, 0.4) is 0 Å². The Labute approximate surface area is 125 Å². The summed E-state index contributed by atoms with van der Waals surface area (Å²) in [5.74, 6) is 1.05. The van der Waals surface area contributed by atoms with Crippen LogP contribution in [0.15, 0.2) is 29.3 Å². The van der Waals surface area contributed by atoms with Gasteiger partial charge < -0.3 is 20.7 Å². The van der Waals surface area contributed by atoms with Crippen LogP contribution in [0.4, 0.5) is 5.69 Å². The second kappa shape index (κ2) is 7.52. The van der Waals surface area contributed by atoms with Crippen molar-refractivity contribution >= 4 is 17.6 Å². The molecule has 0 bridgehead atoms. The van der Waals surface area contributed by atoms with Crippen LogP contribution in [0.1, 0.15) is 19.3 Å². The van der Waals surface area contributed by atoms with Crippen molar-refractivity contribution in [3.63, 3.8) is 0 Å². The number of benzene rings is 1. The van der Waals surface area contributed by atoms with E-state index in [2.05, 4.69) is 10.3 Å². The monoisotopic (exact) mass is 290 g/mol. The molecule has 1 saturated heterocycles. The van der Waals surface area contributed by atoms with Crippen LogP contribution in [0.2, 0.25) is 0 Å². The van der Waals surface area contributed by atoms with Crippen molar-refractivity contribution in [2.45, 2.75) is 19.3 Å². The normalized spacial score (nSPS) is 15.7. The quantitative estimate of drug-likeness (QED) is 0.649. The van der Waals surface area contributed by atoms with Crippen LogP contribution in [0.25, 0.3) is 0 Å². The zero-order valence-corrected chi connectivity index (χ0v) is 12.3. The van der Waals surface area contributed by atoms with Crippen molar-refractivity contribution < 1.29 is 9.53 Å². The SMILES string of the molecule is COc1ccc(NC(N)=NCC(=O)N2CCCCC2)cc1. The van der Waals surface area contributed by atoms with E-state index < -0.39 is 0 Å². The Morgan fingerprint density at radius 3 is 2.57 bits per heavy atom. The van der Waals surface area contributed by atoms with Crippen molar-refractivity contribution in [3.8, 4) is 5.75 Å². The first kappa shape index (κ1) is 15.2. The maximum absolute atomic E-state index is 12.0. The molecule has 0 spiro atoms. The van der Waals surface area contributed by atoms with Gasteiger partial charge in [0, 0.05) is 18.8 Å². The number of nitrogens with one attached hydrogen (secondary N) is 1. The van der Waals surface area contributed by atoms with Gasteiger partial charge >= 0.3 is 0 Å². The zero-order valence-electron chi connectivity index (χ0n) is 12.3. The fourth-order valence-electron chi connectivity index (χ4n) is 2.26. The number of rotatable bonds is 4. The van der Waals surface area contributed by atoms with E-state index in [4.69, 9.17) is 10.5 Å². The van der Waals surface area contributed by atoms with Crippen LogP contribution >= 0.6 is 0 Å². The number of nitrogens with zero attached hydrogens (tertiary/aromatic N) is 2. The minimum Gasteiger partial charge on any atom is -0.497 e. The van der Waals surface area contributed by atoms with E-state index in [1.165, 1.54) is 6.42 Å². The lowest BCUT2D eigenvalue weighted by Gasteiger charge is -2.26. The summed E-state index contributed by atoms with van der Waals surface area (Å²) in [5.41, 5.74) is 6.60. The molecular formula is C15H22N4O2. The number of methoxy groups -OCH3 is 1. The highest BCUT2D eigenvalue weighted by Crippen LogP contribution is 2.14. The number of carbonyl (C=O) groups is 1. The van der Waals surface area contributed by atoms with Crippen LogP contribution in [0, 0.1) is 0 Å². The fourth-order valence-corrected chi connectivity index (χ4v) is 2.26. The molecule has 1 amide bonds. The third-order valence-corrected chi connectivity index (χ3v) is 3.46. The molecule has 0 unspecified atom stereocenters. The molecule has 0 aromatic heterocycles. The molecule has 6 nitrogen and oxygen atoms in total. The van der Waals surface area contributed by atoms with Crippen molar-refractivity contribution in [3.05, 3.63) is 24.3 Å². The van der Waals surface area contributed by atoms with E-state index in [9.17, 15) is 4.79 Å². The highest BCUT2D eigenvalue weighted by Gasteiger charge is 2.15. The number of likely N-dealkylation sites (tertiary alicyclic amines) is 1. The van der Waals surface area contributed by atoms with Gasteiger partial charge in [-0.05, 0) is 43.5 Å². The molecule has 0 atom stereocenters. The van der Waals surface area contributed by atoms with Crippen molar-refractivity contribution in [1.29, 1.82) is 0 Å². The topological polar surface area (TPSA) is 80.0 Å². The highest BCUT2D eigenvalue weighted by atomic mass is 16.5. The number of nitrogens with two attached hydrogens (primary N) is 1. The van der Waals surface area contributed by atoms with Crippen LogP contribution in [-0.2, 0) is 4.79 Å². The number of amides is 1. The van der Waals surface area contributed by atoms with Gasteiger partial charge in [-0.25, -0.2) is 4.99 Å². The number of anilines is 1. The van der Waals surface area contributed by atoms with Crippen LogP contribution in [-0.4, -0.2) is 43.5 Å². The molecule has 1 aromatic rings. The lowest BCUT2D eigenvalue weighted by atomic mass is 10.1. The maximum atomic E-state index is 12.0. The largest absolute Gasteiger partial charge is 0.497 e. The Morgan fingerprint density at radius 2 is 1.95 bits per heavy atom. The van der Waals surface area contributed by atoms with Gasteiger partial charge in [0.15, 0.2) is 5.96 Å². The Balaban J connectivity index is 1.83. The molecule has 114 valence electrons. The van der Waals surface area contributed by atoms with E-state index in [1.54, 1.807) is 7.11 Å². The number of aliphatic imine (C=N–C) groups is 1. The lowest BCUT2D eigenvalue weighted by molar-refractivity contribution is -0.130. The second-order valence-corrected chi connectivity index (χ2v) is 5.00. The van der Waals surface area contributed by atoms with Gasteiger partial charge in [-0.1, -0.05) is 0 Å². The number of ether oxygens (including phenoxy) is 1. The molecule has 0 aliphatic carbocycles. The average molecular weight is 290 g/mol. The molecule has 3 N–H and O–H groups in total. The summed E-state index contributed by atoms with van der Waals surface area (Å²) in [7, 11) is 1.62. The van der Waals surface area contributed by atoms with Gasteiger partial charge in [-0.2, -0.15) is 0 Å². The average Bonchev–Trinajstić information content (AvgIpc) is 2.54. The first-order valence-electron chi connectivity index (χ1n) is 7.18. The van der Waals surface area contributed by atoms with Crippen molar-refractivity contribution in [1.82, 2.24) is 4.90 Å². The summed E-state index contributed by atoms with van der Waals surface area (Å²) in [6.07, 6.45) is 3.36. The molecule has 0 radical (unpaired) electrons. The number of hydrogen-bond acceptors (Lipinski definition) is 3. The Kier molecular flexibility index (Phi) is 5.43. The smallest absolute Gasteiger partial charge is 0.244 e. The molecule has 1 heterocycles. The summed E-state index contributed by atoms with van der Waals surface area (Å²) in [4.78, 5) is 17.9. The highest BCUT2D eigenvalue weighted by molar-refractivity contribution is 5.93. The zero-order chi connectivity index (χ0) is 15.1. The summed E-state index contributed by atoms with van der Waals surface area (Å²) < 4.78 is 5.08. The molecule has 1 aromatic carbocycles. The van der Waals surface area contributed by atoms with Crippen molar-refractivity contribution in [2.75, 3.05) is 32.1 Å². The summed E-state index contributed by atoms with van der Waals surface area (Å²) in [6, 6.07) is 7.34. The van der Waals surface area contributed by atoms with Gasteiger partial charge in [-0.3, -0.25) is 4.79 Å². The van der Waals surface area contributed by atoms with E-state index >= 15 is 0 Å². The predicted molar refractivity (Wildman–Crippen MR) is 83.5 cm³/mol. The van der Waals surface area contributed by atoms with Gasteiger partial charge in [-0.15, -0.1) is 0 Å². The first-order chi connectivity index (χ1) is 10.2. The molecule has 21 heavy (non-hydrogen) atoms. The minimum atomic E-state index is 0.0363. The van der Waals surface area contributed by atoms with Gasteiger partial charge in [0.2, 0.25) is 5.91 Å². The molecule has 1 aliphatic heterocycles. The summed E-state index contributed by atoms with van der Waals surface area (Å²) >= 11 is 0. The predicted octanol–water partition coefficient (Wildman–Crippen LogP) is 1.43. The lowest BCUT2D eigenvalue weighted by Crippen LogP contribution is -2.37. The number of guanidine groups is 1. The molecule has 1 aliphatic rings.